The Morgan fingerprint density at radius 1 is 1.07 bits per heavy atom. The average Bonchev–Trinajstić information content (AvgIpc) is 3.39. The zero-order chi connectivity index (χ0) is 31.6. The largest absolute Gasteiger partial charge is 0.480 e. The number of fused-ring (bicyclic) bond motifs is 1. The summed E-state index contributed by atoms with van der Waals surface area (Å²) in [6.45, 7) is 1.61. The first kappa shape index (κ1) is 31.4. The molecular formula is C28H27Cl2F3N8O3. The van der Waals surface area contributed by atoms with Gasteiger partial charge in [0.05, 0.1) is 22.8 Å². The van der Waals surface area contributed by atoms with Gasteiger partial charge in [0.1, 0.15) is 5.82 Å². The molecule has 0 atom stereocenters. The SMILES string of the molecule is Nc1nc(CCCNc2nc(-c3ccc(Cl)cc3Cl)cc3nc(C4CCN(CC(=O)O)CC4)nn23)ccc1C(=O)C(F)(F)F. The number of benzene rings is 1. The van der Waals surface area contributed by atoms with Crippen molar-refractivity contribution in [1.82, 2.24) is 29.5 Å². The number of aliphatic carboxylic acids is 1. The van der Waals surface area contributed by atoms with E-state index >= 15 is 0 Å². The molecule has 0 spiro atoms. The third kappa shape index (κ3) is 7.20. The van der Waals surface area contributed by atoms with Crippen LogP contribution in [0.25, 0.3) is 16.9 Å². The number of carboxylic acids is 1. The van der Waals surface area contributed by atoms with Gasteiger partial charge in [-0.1, -0.05) is 23.2 Å². The van der Waals surface area contributed by atoms with Crippen molar-refractivity contribution >= 4 is 52.4 Å². The second kappa shape index (κ2) is 12.9. The number of aromatic nitrogens is 5. The highest BCUT2D eigenvalue weighted by Gasteiger charge is 2.40. The van der Waals surface area contributed by atoms with Crippen LogP contribution in [0.2, 0.25) is 10.0 Å². The number of piperidine rings is 1. The van der Waals surface area contributed by atoms with Gasteiger partial charge in [0.15, 0.2) is 11.5 Å². The Morgan fingerprint density at radius 3 is 2.48 bits per heavy atom. The minimum atomic E-state index is -5.04. The van der Waals surface area contributed by atoms with E-state index in [9.17, 15) is 22.8 Å². The van der Waals surface area contributed by atoms with Gasteiger partial charge >= 0.3 is 12.1 Å². The van der Waals surface area contributed by atoms with E-state index in [-0.39, 0.29) is 12.5 Å². The molecule has 0 bridgehead atoms. The molecule has 1 aromatic carbocycles. The number of pyridine rings is 1. The first-order chi connectivity index (χ1) is 20.9. The Bertz CT molecular complexity index is 1710. The van der Waals surface area contributed by atoms with Crippen molar-refractivity contribution in [2.24, 2.45) is 0 Å². The Hall–Kier alpha value is -4.01. The summed E-state index contributed by atoms with van der Waals surface area (Å²) in [6.07, 6.45) is -2.76. The lowest BCUT2D eigenvalue weighted by molar-refractivity contribution is -0.138. The molecule has 1 aliphatic heterocycles. The molecule has 4 aromatic rings. The van der Waals surface area contributed by atoms with Crippen molar-refractivity contribution < 1.29 is 27.9 Å². The van der Waals surface area contributed by atoms with Crippen LogP contribution in [0.4, 0.5) is 24.9 Å². The molecule has 16 heteroatoms. The predicted molar refractivity (Wildman–Crippen MR) is 158 cm³/mol. The van der Waals surface area contributed by atoms with Gasteiger partial charge < -0.3 is 16.2 Å². The predicted octanol–water partition coefficient (Wildman–Crippen LogP) is 5.13. The third-order valence-electron chi connectivity index (χ3n) is 7.24. The monoisotopic (exact) mass is 650 g/mol. The number of Topliss-reactive ketones (excluding diaryl/α,β-unsaturated/α-hetero) is 1. The number of ketones is 1. The lowest BCUT2D eigenvalue weighted by Gasteiger charge is -2.29. The molecule has 1 fully saturated rings. The Kier molecular flexibility index (Phi) is 9.23. The molecule has 0 radical (unpaired) electrons. The van der Waals surface area contributed by atoms with Crippen LogP contribution in [-0.2, 0) is 11.2 Å². The van der Waals surface area contributed by atoms with Gasteiger partial charge in [-0.15, -0.1) is 5.10 Å². The van der Waals surface area contributed by atoms with Gasteiger partial charge in [0, 0.05) is 34.8 Å². The Balaban J connectivity index is 1.34. The number of nitrogen functional groups attached to an aromatic ring is 1. The zero-order valence-electron chi connectivity index (χ0n) is 23.1. The molecule has 11 nitrogen and oxygen atoms in total. The summed E-state index contributed by atoms with van der Waals surface area (Å²) in [4.78, 5) is 38.0. The maximum atomic E-state index is 12.8. The van der Waals surface area contributed by atoms with E-state index in [1.54, 1.807) is 28.8 Å². The van der Waals surface area contributed by atoms with E-state index in [4.69, 9.17) is 49.1 Å². The second-order valence-electron chi connectivity index (χ2n) is 10.4. The topological polar surface area (TPSA) is 152 Å². The summed E-state index contributed by atoms with van der Waals surface area (Å²) in [6, 6.07) is 9.23. The number of halogens is 5. The molecule has 0 unspecified atom stereocenters. The molecule has 4 heterocycles. The molecule has 4 N–H and O–H groups in total. The first-order valence-corrected chi connectivity index (χ1v) is 14.4. The molecule has 1 aliphatic rings. The fraction of sp³-hybridized carbons (Fsp3) is 0.357. The number of anilines is 2. The van der Waals surface area contributed by atoms with Gasteiger partial charge in [0.2, 0.25) is 5.95 Å². The van der Waals surface area contributed by atoms with Crippen molar-refractivity contribution in [3.8, 4) is 11.3 Å². The van der Waals surface area contributed by atoms with Gasteiger partial charge in [-0.3, -0.25) is 14.5 Å². The van der Waals surface area contributed by atoms with Crippen molar-refractivity contribution in [3.05, 3.63) is 63.5 Å². The van der Waals surface area contributed by atoms with Crippen LogP contribution in [0.5, 0.6) is 0 Å². The smallest absolute Gasteiger partial charge is 0.455 e. The van der Waals surface area contributed by atoms with Crippen molar-refractivity contribution in [3.63, 3.8) is 0 Å². The summed E-state index contributed by atoms with van der Waals surface area (Å²) in [7, 11) is 0. The van der Waals surface area contributed by atoms with E-state index in [0.717, 1.165) is 6.07 Å². The van der Waals surface area contributed by atoms with Crippen molar-refractivity contribution in [1.29, 1.82) is 0 Å². The highest BCUT2D eigenvalue weighted by atomic mass is 35.5. The molecule has 0 saturated carbocycles. The van der Waals surface area contributed by atoms with Gasteiger partial charge in [-0.2, -0.15) is 17.7 Å². The summed E-state index contributed by atoms with van der Waals surface area (Å²) >= 11 is 12.6. The number of hydrogen-bond acceptors (Lipinski definition) is 9. The standard InChI is InChI=1S/C28H27Cl2F3N8O3/c29-16-3-5-18(20(30)12-16)21-13-22-38-26(15-7-10-40(11-8-15)14-23(42)43)39-41(22)27(37-21)35-9-1-2-17-4-6-19(25(34)36-17)24(44)28(31,32)33/h3-6,12-13,15H,1-2,7-11,14H2,(H2,34,36)(H,35,37)(H,42,43). The van der Waals surface area contributed by atoms with Crippen LogP contribution in [0.3, 0.4) is 0 Å². The van der Waals surface area contributed by atoms with Crippen LogP contribution in [0.1, 0.15) is 47.1 Å². The fourth-order valence-electron chi connectivity index (χ4n) is 5.04. The molecule has 0 amide bonds. The van der Waals surface area contributed by atoms with Crippen LogP contribution in [0.15, 0.2) is 36.4 Å². The highest BCUT2D eigenvalue weighted by Crippen LogP contribution is 2.32. The average molecular weight is 651 g/mol. The number of nitrogens with two attached hydrogens (primary N) is 1. The Labute approximate surface area is 259 Å². The molecule has 0 aliphatic carbocycles. The third-order valence-corrected chi connectivity index (χ3v) is 7.79. The lowest BCUT2D eigenvalue weighted by atomic mass is 9.96. The number of carboxylic acid groups (broad SMARTS) is 1. The highest BCUT2D eigenvalue weighted by molar-refractivity contribution is 6.36. The van der Waals surface area contributed by atoms with E-state index in [0.29, 0.717) is 89.7 Å². The van der Waals surface area contributed by atoms with E-state index in [2.05, 4.69) is 10.3 Å². The molecule has 44 heavy (non-hydrogen) atoms. The number of hydrogen-bond donors (Lipinski definition) is 3. The number of carbonyl (C=O) groups excluding carboxylic acids is 1. The van der Waals surface area contributed by atoms with E-state index in [1.807, 2.05) is 4.90 Å². The quantitative estimate of drug-likeness (QED) is 0.156. The zero-order valence-corrected chi connectivity index (χ0v) is 24.6. The second-order valence-corrected chi connectivity index (χ2v) is 11.2. The summed E-state index contributed by atoms with van der Waals surface area (Å²) < 4.78 is 39.9. The molecule has 3 aromatic heterocycles. The number of likely N-dealkylation sites (tertiary alicyclic amines) is 1. The van der Waals surface area contributed by atoms with Crippen LogP contribution in [0, 0.1) is 0 Å². The van der Waals surface area contributed by atoms with Crippen LogP contribution >= 0.6 is 23.2 Å². The van der Waals surface area contributed by atoms with Crippen LogP contribution < -0.4 is 11.1 Å². The van der Waals surface area contributed by atoms with Crippen LogP contribution in [-0.4, -0.2) is 78.7 Å². The molecule has 232 valence electrons. The minimum absolute atomic E-state index is 0.00749. The number of nitrogens with one attached hydrogen (secondary N) is 1. The summed E-state index contributed by atoms with van der Waals surface area (Å²) in [5.74, 6) is -2.32. The Morgan fingerprint density at radius 2 is 1.82 bits per heavy atom. The maximum absolute atomic E-state index is 12.8. The first-order valence-electron chi connectivity index (χ1n) is 13.7. The van der Waals surface area contributed by atoms with E-state index in [1.165, 1.54) is 6.07 Å². The summed E-state index contributed by atoms with van der Waals surface area (Å²) in [5.41, 5.74) is 7.10. The summed E-state index contributed by atoms with van der Waals surface area (Å²) in [5, 5.41) is 18.0. The fourth-order valence-corrected chi connectivity index (χ4v) is 5.55. The maximum Gasteiger partial charge on any atom is 0.455 e. The van der Waals surface area contributed by atoms with Gasteiger partial charge in [-0.25, -0.2) is 15.0 Å². The van der Waals surface area contributed by atoms with Gasteiger partial charge in [0.25, 0.3) is 5.78 Å². The number of aryl methyl sites for hydroxylation is 1. The van der Waals surface area contributed by atoms with Gasteiger partial charge in [-0.05, 0) is 69.1 Å². The molecular weight excluding hydrogens is 624 g/mol. The molecule has 1 saturated heterocycles. The lowest BCUT2D eigenvalue weighted by Crippen LogP contribution is -2.36. The number of rotatable bonds is 10. The van der Waals surface area contributed by atoms with Crippen molar-refractivity contribution in [2.45, 2.75) is 37.8 Å². The number of carbonyl (C=O) groups is 2. The minimum Gasteiger partial charge on any atom is -0.480 e. The molecule has 5 rings (SSSR count). The normalized spacial score (nSPS) is 14.7. The number of nitrogens with zero attached hydrogens (tertiary/aromatic N) is 6. The van der Waals surface area contributed by atoms with Crippen molar-refractivity contribution in [2.75, 3.05) is 37.2 Å². The van der Waals surface area contributed by atoms with E-state index < -0.39 is 29.3 Å². The number of alkyl halides is 3.